The fourth-order valence-electron chi connectivity index (χ4n) is 3.80. The molecule has 0 spiro atoms. The van der Waals surface area contributed by atoms with E-state index < -0.39 is 10.0 Å². The number of methoxy groups -OCH3 is 2. The standard InChI is InChI=1S/C26H29N3O6S/c1-33-22-9-12-25(34-2)24(17-22)28-36(31,32)23-10-7-21(8-11-23)27-26(30)20-5-3-19(4-6-20)18-29-13-15-35-16-14-29/h3-12,17,28H,13-16,18H2,1-2H3,(H,27,30). The first-order chi connectivity index (χ1) is 17.4. The van der Waals surface area contributed by atoms with Crippen molar-refractivity contribution in [2.75, 3.05) is 50.6 Å². The van der Waals surface area contributed by atoms with Crippen LogP contribution < -0.4 is 19.5 Å². The van der Waals surface area contributed by atoms with Crippen LogP contribution in [-0.4, -0.2) is 59.7 Å². The van der Waals surface area contributed by atoms with Crippen LogP contribution in [0, 0.1) is 0 Å². The van der Waals surface area contributed by atoms with E-state index in [4.69, 9.17) is 14.2 Å². The molecule has 9 nitrogen and oxygen atoms in total. The highest BCUT2D eigenvalue weighted by atomic mass is 32.2. The highest BCUT2D eigenvalue weighted by Crippen LogP contribution is 2.31. The van der Waals surface area contributed by atoms with Crippen molar-refractivity contribution in [2.24, 2.45) is 0 Å². The van der Waals surface area contributed by atoms with Crippen molar-refractivity contribution in [3.8, 4) is 11.5 Å². The van der Waals surface area contributed by atoms with Crippen molar-refractivity contribution in [1.82, 2.24) is 4.90 Å². The van der Waals surface area contributed by atoms with Crippen LogP contribution in [0.5, 0.6) is 11.5 Å². The first-order valence-corrected chi connectivity index (χ1v) is 12.9. The Balaban J connectivity index is 1.39. The highest BCUT2D eigenvalue weighted by molar-refractivity contribution is 7.92. The Labute approximate surface area is 211 Å². The van der Waals surface area contributed by atoms with E-state index in [9.17, 15) is 13.2 Å². The van der Waals surface area contributed by atoms with E-state index in [1.807, 2.05) is 12.1 Å². The fraction of sp³-hybridized carbons (Fsp3) is 0.269. The first kappa shape index (κ1) is 25.5. The lowest BCUT2D eigenvalue weighted by atomic mass is 10.1. The van der Waals surface area contributed by atoms with Crippen molar-refractivity contribution >= 4 is 27.3 Å². The molecular weight excluding hydrogens is 482 g/mol. The number of rotatable bonds is 9. The minimum absolute atomic E-state index is 0.0397. The van der Waals surface area contributed by atoms with E-state index >= 15 is 0 Å². The SMILES string of the molecule is COc1ccc(OC)c(NS(=O)(=O)c2ccc(NC(=O)c3ccc(CN4CCOCC4)cc3)cc2)c1. The van der Waals surface area contributed by atoms with Gasteiger partial charge in [-0.15, -0.1) is 0 Å². The third kappa shape index (κ3) is 6.34. The van der Waals surface area contributed by atoms with Crippen LogP contribution in [0.15, 0.2) is 71.6 Å². The minimum Gasteiger partial charge on any atom is -0.497 e. The number of hydrogen-bond acceptors (Lipinski definition) is 7. The normalized spacial score (nSPS) is 14.2. The molecular formula is C26H29N3O6S. The van der Waals surface area contributed by atoms with Crippen molar-refractivity contribution in [2.45, 2.75) is 11.4 Å². The largest absolute Gasteiger partial charge is 0.497 e. The van der Waals surface area contributed by atoms with Crippen LogP contribution in [0.4, 0.5) is 11.4 Å². The maximum atomic E-state index is 12.9. The molecule has 0 radical (unpaired) electrons. The maximum absolute atomic E-state index is 12.9. The van der Waals surface area contributed by atoms with Crippen molar-refractivity contribution < 1.29 is 27.4 Å². The zero-order valence-electron chi connectivity index (χ0n) is 20.2. The van der Waals surface area contributed by atoms with Gasteiger partial charge in [0.25, 0.3) is 15.9 Å². The second kappa shape index (κ2) is 11.4. The summed E-state index contributed by atoms with van der Waals surface area (Å²) in [6.45, 7) is 4.10. The number of sulfonamides is 1. The minimum atomic E-state index is -3.90. The Hall–Kier alpha value is -3.60. The lowest BCUT2D eigenvalue weighted by molar-refractivity contribution is 0.0342. The Bertz CT molecular complexity index is 1290. The number of hydrogen-bond donors (Lipinski definition) is 2. The van der Waals surface area contributed by atoms with Gasteiger partial charge in [0.05, 0.1) is 38.0 Å². The summed E-state index contributed by atoms with van der Waals surface area (Å²) in [6, 6.07) is 18.2. The highest BCUT2D eigenvalue weighted by Gasteiger charge is 2.18. The molecule has 1 aliphatic heterocycles. The molecule has 0 bridgehead atoms. The number of nitrogens with one attached hydrogen (secondary N) is 2. The third-order valence-corrected chi connectivity index (χ3v) is 7.18. The number of carbonyl (C=O) groups excluding carboxylic acids is 1. The van der Waals surface area contributed by atoms with Crippen molar-refractivity contribution in [3.63, 3.8) is 0 Å². The van der Waals surface area contributed by atoms with E-state index in [1.54, 1.807) is 36.4 Å². The fourth-order valence-corrected chi connectivity index (χ4v) is 4.86. The summed E-state index contributed by atoms with van der Waals surface area (Å²) in [7, 11) is -0.949. The van der Waals surface area contributed by atoms with Gasteiger partial charge in [0.1, 0.15) is 11.5 Å². The molecule has 0 aliphatic carbocycles. The molecule has 0 saturated carbocycles. The smallest absolute Gasteiger partial charge is 0.262 e. The van der Waals surface area contributed by atoms with Crippen LogP contribution in [0.1, 0.15) is 15.9 Å². The second-order valence-corrected chi connectivity index (χ2v) is 9.92. The van der Waals surface area contributed by atoms with Gasteiger partial charge in [-0.05, 0) is 54.1 Å². The summed E-state index contributed by atoms with van der Waals surface area (Å²) in [5, 5.41) is 2.80. The molecule has 2 N–H and O–H groups in total. The Morgan fingerprint density at radius 3 is 2.28 bits per heavy atom. The van der Waals surface area contributed by atoms with E-state index in [1.165, 1.54) is 32.4 Å². The number of carbonyl (C=O) groups is 1. The topological polar surface area (TPSA) is 106 Å². The lowest BCUT2D eigenvalue weighted by Crippen LogP contribution is -2.35. The molecule has 190 valence electrons. The number of nitrogens with zero attached hydrogens (tertiary/aromatic N) is 1. The summed E-state index contributed by atoms with van der Waals surface area (Å²) in [5.74, 6) is 0.572. The molecule has 0 unspecified atom stereocenters. The van der Waals surface area contributed by atoms with E-state index in [-0.39, 0.29) is 16.5 Å². The van der Waals surface area contributed by atoms with E-state index in [0.29, 0.717) is 22.7 Å². The molecule has 3 aromatic rings. The van der Waals surface area contributed by atoms with E-state index in [2.05, 4.69) is 14.9 Å². The number of ether oxygens (including phenoxy) is 3. The van der Waals surface area contributed by atoms with Gasteiger partial charge < -0.3 is 19.5 Å². The van der Waals surface area contributed by atoms with Crippen LogP contribution in [0.2, 0.25) is 0 Å². The Morgan fingerprint density at radius 2 is 1.64 bits per heavy atom. The molecule has 4 rings (SSSR count). The van der Waals surface area contributed by atoms with Crippen LogP contribution >= 0.6 is 0 Å². The van der Waals surface area contributed by atoms with Crippen LogP contribution in [0.3, 0.4) is 0 Å². The van der Waals surface area contributed by atoms with Gasteiger partial charge in [-0.1, -0.05) is 12.1 Å². The predicted octanol–water partition coefficient (Wildman–Crippen LogP) is 3.59. The Morgan fingerprint density at radius 1 is 0.944 bits per heavy atom. The average Bonchev–Trinajstić information content (AvgIpc) is 2.89. The van der Waals surface area contributed by atoms with Crippen LogP contribution in [-0.2, 0) is 21.3 Å². The van der Waals surface area contributed by atoms with Gasteiger partial charge in [0.15, 0.2) is 0 Å². The number of anilines is 2. The molecule has 1 heterocycles. The van der Waals surface area contributed by atoms with Gasteiger partial charge >= 0.3 is 0 Å². The summed E-state index contributed by atoms with van der Waals surface area (Å²) < 4.78 is 44.1. The van der Waals surface area contributed by atoms with Gasteiger partial charge in [0, 0.05) is 37.0 Å². The molecule has 1 aliphatic rings. The number of benzene rings is 3. The van der Waals surface area contributed by atoms with Crippen LogP contribution in [0.25, 0.3) is 0 Å². The summed E-state index contributed by atoms with van der Waals surface area (Å²) in [5.41, 5.74) is 2.38. The molecule has 36 heavy (non-hydrogen) atoms. The van der Waals surface area contributed by atoms with Gasteiger partial charge in [-0.3, -0.25) is 14.4 Å². The third-order valence-electron chi connectivity index (χ3n) is 5.80. The average molecular weight is 512 g/mol. The summed E-state index contributed by atoms with van der Waals surface area (Å²) in [4.78, 5) is 15.0. The van der Waals surface area contributed by atoms with E-state index in [0.717, 1.165) is 38.4 Å². The maximum Gasteiger partial charge on any atom is 0.262 e. The molecule has 3 aromatic carbocycles. The number of amides is 1. The van der Waals surface area contributed by atoms with Gasteiger partial charge in [-0.25, -0.2) is 8.42 Å². The van der Waals surface area contributed by atoms with Crippen molar-refractivity contribution in [3.05, 3.63) is 77.9 Å². The Kier molecular flexibility index (Phi) is 8.09. The molecule has 1 saturated heterocycles. The molecule has 1 fully saturated rings. The molecule has 0 atom stereocenters. The summed E-state index contributed by atoms with van der Waals surface area (Å²) >= 11 is 0. The molecule has 0 aromatic heterocycles. The second-order valence-electron chi connectivity index (χ2n) is 8.24. The first-order valence-electron chi connectivity index (χ1n) is 11.4. The zero-order valence-corrected chi connectivity index (χ0v) is 21.0. The van der Waals surface area contributed by atoms with Gasteiger partial charge in [0.2, 0.25) is 0 Å². The quantitative estimate of drug-likeness (QED) is 0.452. The van der Waals surface area contributed by atoms with Crippen molar-refractivity contribution in [1.29, 1.82) is 0 Å². The summed E-state index contributed by atoms with van der Waals surface area (Å²) in [6.07, 6.45) is 0. The lowest BCUT2D eigenvalue weighted by Gasteiger charge is -2.26. The molecule has 10 heteroatoms. The monoisotopic (exact) mass is 511 g/mol. The number of morpholine rings is 1. The van der Waals surface area contributed by atoms with Gasteiger partial charge in [-0.2, -0.15) is 0 Å². The molecule has 1 amide bonds. The predicted molar refractivity (Wildman–Crippen MR) is 137 cm³/mol. The zero-order chi connectivity index (χ0) is 25.5.